The number of nitriles is 1. The zero-order valence-electron chi connectivity index (χ0n) is 21.8. The van der Waals surface area contributed by atoms with E-state index >= 15 is 0 Å². The molecule has 4 rings (SSSR count). The highest BCUT2D eigenvalue weighted by molar-refractivity contribution is 6.07. The number of carbonyl (C=O) groups is 3. The Kier molecular flexibility index (Phi) is 7.85. The number of anilines is 1. The first-order chi connectivity index (χ1) is 17.6. The number of amides is 3. The lowest BCUT2D eigenvalue weighted by molar-refractivity contribution is -0.146. The van der Waals surface area contributed by atoms with Crippen LogP contribution in [0.3, 0.4) is 0 Å². The lowest BCUT2D eigenvalue weighted by atomic mass is 9.80. The van der Waals surface area contributed by atoms with Crippen molar-refractivity contribution in [3.8, 4) is 6.07 Å². The van der Waals surface area contributed by atoms with Gasteiger partial charge in [0.05, 0.1) is 24.7 Å². The molecule has 0 aliphatic carbocycles. The van der Waals surface area contributed by atoms with Gasteiger partial charge in [0.25, 0.3) is 0 Å². The molecule has 0 bridgehead atoms. The van der Waals surface area contributed by atoms with E-state index in [1.54, 1.807) is 6.07 Å². The number of alkyl halides is 1. The van der Waals surface area contributed by atoms with Crippen molar-refractivity contribution in [1.29, 1.82) is 5.26 Å². The molecule has 2 saturated heterocycles. The van der Waals surface area contributed by atoms with Gasteiger partial charge in [0.1, 0.15) is 17.8 Å². The van der Waals surface area contributed by atoms with Gasteiger partial charge in [-0.3, -0.25) is 19.3 Å². The number of rotatable bonds is 8. The standard InChI is InChI=1S/C27H36FN5O4/c1-26(2,28)16-22(31(3)23(34)9-6-10-32-11-13-37-14-12-32)24(35)33-18-27(15-19(33)17-29)20-7-4-5-8-21(20)30-25(27)36/h4-5,7-8,19,22H,6,9-16,18H2,1-3H3,(H,30,36)/t19?,22-,27-/m0/s1. The first kappa shape index (κ1) is 27.0. The van der Waals surface area contributed by atoms with Gasteiger partial charge in [-0.05, 0) is 38.4 Å². The van der Waals surface area contributed by atoms with Gasteiger partial charge in [-0.2, -0.15) is 5.26 Å². The Bertz CT molecular complexity index is 1080. The summed E-state index contributed by atoms with van der Waals surface area (Å²) in [6.45, 7) is 6.50. The summed E-state index contributed by atoms with van der Waals surface area (Å²) in [5.41, 5.74) is -1.33. The Balaban J connectivity index is 1.51. The molecule has 3 heterocycles. The number of halogens is 1. The Labute approximate surface area is 217 Å². The molecular weight excluding hydrogens is 477 g/mol. The van der Waals surface area contributed by atoms with Crippen molar-refractivity contribution in [1.82, 2.24) is 14.7 Å². The summed E-state index contributed by atoms with van der Waals surface area (Å²) in [7, 11) is 1.52. The van der Waals surface area contributed by atoms with Gasteiger partial charge in [0.15, 0.2) is 0 Å². The number of hydrogen-bond donors (Lipinski definition) is 1. The minimum absolute atomic E-state index is 0.00911. The molecule has 3 aliphatic rings. The maximum atomic E-state index is 14.9. The number of para-hydroxylation sites is 1. The van der Waals surface area contributed by atoms with E-state index in [0.717, 1.165) is 25.2 Å². The predicted molar refractivity (Wildman–Crippen MR) is 135 cm³/mol. The van der Waals surface area contributed by atoms with Crippen molar-refractivity contribution in [3.63, 3.8) is 0 Å². The fourth-order valence-corrected chi connectivity index (χ4v) is 5.66. The van der Waals surface area contributed by atoms with Gasteiger partial charge >= 0.3 is 0 Å². The number of morpholine rings is 1. The van der Waals surface area contributed by atoms with Crippen molar-refractivity contribution in [2.45, 2.75) is 62.7 Å². The fourth-order valence-electron chi connectivity index (χ4n) is 5.66. The molecule has 0 saturated carbocycles. The van der Waals surface area contributed by atoms with Crippen LogP contribution in [0, 0.1) is 11.3 Å². The summed E-state index contributed by atoms with van der Waals surface area (Å²) in [6, 6.07) is 7.50. The summed E-state index contributed by atoms with van der Waals surface area (Å²) < 4.78 is 20.2. The quantitative estimate of drug-likeness (QED) is 0.571. The molecule has 0 radical (unpaired) electrons. The number of carbonyl (C=O) groups excluding carboxylic acids is 3. The highest BCUT2D eigenvalue weighted by Gasteiger charge is 2.56. The molecule has 37 heavy (non-hydrogen) atoms. The van der Waals surface area contributed by atoms with Crippen LogP contribution in [0.25, 0.3) is 0 Å². The molecule has 3 atom stereocenters. The van der Waals surface area contributed by atoms with Crippen LogP contribution in [0.5, 0.6) is 0 Å². The molecule has 1 unspecified atom stereocenters. The normalized spacial score (nSPS) is 24.5. The third-order valence-electron chi connectivity index (χ3n) is 7.71. The minimum Gasteiger partial charge on any atom is -0.379 e. The number of benzene rings is 1. The molecule has 1 aromatic rings. The molecule has 10 heteroatoms. The van der Waals surface area contributed by atoms with Crippen LogP contribution in [-0.2, 0) is 24.5 Å². The molecule has 1 aromatic carbocycles. The highest BCUT2D eigenvalue weighted by atomic mass is 19.1. The lowest BCUT2D eigenvalue weighted by Gasteiger charge is -2.35. The number of likely N-dealkylation sites (N-methyl/N-ethyl adjacent to an activating group) is 1. The molecule has 9 nitrogen and oxygen atoms in total. The van der Waals surface area contributed by atoms with Gasteiger partial charge in [-0.1, -0.05) is 18.2 Å². The molecule has 1 N–H and O–H groups in total. The summed E-state index contributed by atoms with van der Waals surface area (Å²) >= 11 is 0. The monoisotopic (exact) mass is 513 g/mol. The predicted octanol–water partition coefficient (Wildman–Crippen LogP) is 2.08. The topological polar surface area (TPSA) is 106 Å². The summed E-state index contributed by atoms with van der Waals surface area (Å²) in [5, 5.41) is 12.8. The van der Waals surface area contributed by atoms with Crippen molar-refractivity contribution >= 4 is 23.4 Å². The van der Waals surface area contributed by atoms with Crippen LogP contribution in [-0.4, -0.2) is 96.6 Å². The molecule has 200 valence electrons. The fraction of sp³-hybridized carbons (Fsp3) is 0.630. The molecule has 3 aliphatic heterocycles. The number of nitrogens with zero attached hydrogens (tertiary/aromatic N) is 4. The molecule has 3 amide bonds. The van der Waals surface area contributed by atoms with E-state index in [-0.39, 0.29) is 37.6 Å². The van der Waals surface area contributed by atoms with Gasteiger partial charge in [0, 0.05) is 51.6 Å². The Morgan fingerprint density at radius 1 is 1.32 bits per heavy atom. The van der Waals surface area contributed by atoms with Crippen molar-refractivity contribution in [2.75, 3.05) is 51.8 Å². The molecular formula is C27H36FN5O4. The van der Waals surface area contributed by atoms with Gasteiger partial charge in [-0.25, -0.2) is 4.39 Å². The second-order valence-corrected chi connectivity index (χ2v) is 10.9. The van der Waals surface area contributed by atoms with E-state index in [9.17, 15) is 24.0 Å². The maximum absolute atomic E-state index is 14.9. The third kappa shape index (κ3) is 5.63. The van der Waals surface area contributed by atoms with E-state index in [1.807, 2.05) is 18.2 Å². The zero-order valence-corrected chi connectivity index (χ0v) is 21.8. The average molecular weight is 514 g/mol. The minimum atomic E-state index is -1.72. The first-order valence-corrected chi connectivity index (χ1v) is 12.9. The second kappa shape index (κ2) is 10.8. The van der Waals surface area contributed by atoms with Crippen molar-refractivity contribution < 1.29 is 23.5 Å². The van der Waals surface area contributed by atoms with E-state index in [4.69, 9.17) is 4.74 Å². The highest BCUT2D eigenvalue weighted by Crippen LogP contribution is 2.46. The maximum Gasteiger partial charge on any atom is 0.246 e. The van der Waals surface area contributed by atoms with Crippen LogP contribution in [0.15, 0.2) is 24.3 Å². The number of hydrogen-bond acceptors (Lipinski definition) is 6. The van der Waals surface area contributed by atoms with E-state index in [0.29, 0.717) is 25.3 Å². The van der Waals surface area contributed by atoms with E-state index in [2.05, 4.69) is 16.3 Å². The van der Waals surface area contributed by atoms with Gasteiger partial charge < -0.3 is 19.9 Å². The number of likely N-dealkylation sites (tertiary alicyclic amines) is 1. The number of ether oxygens (including phenoxy) is 1. The second-order valence-electron chi connectivity index (χ2n) is 10.9. The van der Waals surface area contributed by atoms with E-state index in [1.165, 1.54) is 30.7 Å². The van der Waals surface area contributed by atoms with Gasteiger partial charge in [-0.15, -0.1) is 0 Å². The van der Waals surface area contributed by atoms with E-state index < -0.39 is 29.1 Å². The molecule has 2 fully saturated rings. The molecule has 0 aromatic heterocycles. The smallest absolute Gasteiger partial charge is 0.246 e. The van der Waals surface area contributed by atoms with Gasteiger partial charge in [0.2, 0.25) is 17.7 Å². The Hall–Kier alpha value is -3.03. The van der Waals surface area contributed by atoms with Crippen LogP contribution in [0.4, 0.5) is 10.1 Å². The van der Waals surface area contributed by atoms with Crippen LogP contribution < -0.4 is 5.32 Å². The van der Waals surface area contributed by atoms with Crippen LogP contribution in [0.1, 0.15) is 45.1 Å². The number of nitrogens with one attached hydrogen (secondary N) is 1. The summed E-state index contributed by atoms with van der Waals surface area (Å²) in [6.07, 6.45) is 0.794. The van der Waals surface area contributed by atoms with Crippen LogP contribution in [0.2, 0.25) is 0 Å². The number of fused-ring (bicyclic) bond motifs is 2. The first-order valence-electron chi connectivity index (χ1n) is 12.9. The summed E-state index contributed by atoms with van der Waals surface area (Å²) in [5.74, 6) is -1.00. The third-order valence-corrected chi connectivity index (χ3v) is 7.71. The SMILES string of the molecule is CN(C(=O)CCCN1CCOCC1)[C@@H](CC(C)(C)F)C(=O)N1C[C@]2(CC1C#N)C(=O)Nc1ccccc12. The van der Waals surface area contributed by atoms with Crippen molar-refractivity contribution in [2.24, 2.45) is 0 Å². The lowest BCUT2D eigenvalue weighted by Crippen LogP contribution is -2.53. The largest absolute Gasteiger partial charge is 0.379 e. The Morgan fingerprint density at radius 2 is 2.03 bits per heavy atom. The van der Waals surface area contributed by atoms with Crippen LogP contribution >= 0.6 is 0 Å². The van der Waals surface area contributed by atoms with Crippen molar-refractivity contribution in [3.05, 3.63) is 29.8 Å². The summed E-state index contributed by atoms with van der Waals surface area (Å²) in [4.78, 5) is 45.0. The zero-order chi connectivity index (χ0) is 26.8. The average Bonchev–Trinajstić information content (AvgIpc) is 3.40. The molecule has 1 spiro atoms. The Morgan fingerprint density at radius 3 is 2.70 bits per heavy atom.